The zero-order valence-corrected chi connectivity index (χ0v) is 14.4. The molecule has 0 unspecified atom stereocenters. The Balaban J connectivity index is 2.64. The monoisotopic (exact) mass is 336 g/mol. The Labute approximate surface area is 135 Å². The maximum atomic E-state index is 12.4. The minimum atomic E-state index is -3.48. The first-order valence-corrected chi connectivity index (χ1v) is 8.96. The quantitative estimate of drug-likeness (QED) is 0.892. The standard InChI is InChI=1S/C15H20N4O3S/c1-5-11-8-16-15(18-23(21,22)6-2)17-13(11)12-7-10(3)9-19(4)14(12)20/h7-9H,5-6H2,1-4H3,(H,16,17,18). The van der Waals surface area contributed by atoms with Gasteiger partial charge in [0.2, 0.25) is 16.0 Å². The number of hydrogen-bond donors (Lipinski definition) is 1. The molecule has 0 aliphatic rings. The lowest BCUT2D eigenvalue weighted by atomic mass is 10.1. The van der Waals surface area contributed by atoms with Crippen molar-refractivity contribution in [1.82, 2.24) is 14.5 Å². The first-order chi connectivity index (χ1) is 10.8. The minimum absolute atomic E-state index is 0.0254. The van der Waals surface area contributed by atoms with Crippen molar-refractivity contribution in [2.24, 2.45) is 7.05 Å². The van der Waals surface area contributed by atoms with Crippen molar-refractivity contribution >= 4 is 16.0 Å². The van der Waals surface area contributed by atoms with E-state index in [4.69, 9.17) is 0 Å². The molecular formula is C15H20N4O3S. The van der Waals surface area contributed by atoms with Gasteiger partial charge >= 0.3 is 0 Å². The van der Waals surface area contributed by atoms with Crippen LogP contribution in [0.15, 0.2) is 23.3 Å². The summed E-state index contributed by atoms with van der Waals surface area (Å²) >= 11 is 0. The van der Waals surface area contributed by atoms with Crippen LogP contribution in [0.3, 0.4) is 0 Å². The van der Waals surface area contributed by atoms with Crippen LogP contribution < -0.4 is 10.3 Å². The minimum Gasteiger partial charge on any atom is -0.318 e. The van der Waals surface area contributed by atoms with Crippen LogP contribution >= 0.6 is 0 Å². The maximum absolute atomic E-state index is 12.4. The third-order valence-electron chi connectivity index (χ3n) is 3.45. The third-order valence-corrected chi connectivity index (χ3v) is 4.70. The molecule has 0 saturated carbocycles. The average molecular weight is 336 g/mol. The smallest absolute Gasteiger partial charge is 0.259 e. The molecule has 0 amide bonds. The van der Waals surface area contributed by atoms with Gasteiger partial charge in [-0.15, -0.1) is 0 Å². The fraction of sp³-hybridized carbons (Fsp3) is 0.400. The summed E-state index contributed by atoms with van der Waals surface area (Å²) in [4.78, 5) is 20.7. The maximum Gasteiger partial charge on any atom is 0.259 e. The Kier molecular flexibility index (Phi) is 4.84. The molecule has 0 aliphatic heterocycles. The number of pyridine rings is 1. The highest BCUT2D eigenvalue weighted by atomic mass is 32.2. The number of hydrogen-bond acceptors (Lipinski definition) is 5. The third kappa shape index (κ3) is 3.76. The number of sulfonamides is 1. The summed E-state index contributed by atoms with van der Waals surface area (Å²) in [5.74, 6) is -0.101. The molecule has 0 bridgehead atoms. The summed E-state index contributed by atoms with van der Waals surface area (Å²) in [5, 5.41) is 0. The highest BCUT2D eigenvalue weighted by Gasteiger charge is 2.15. The molecule has 2 rings (SSSR count). The SMILES string of the molecule is CCc1cnc(NS(=O)(=O)CC)nc1-c1cc(C)cn(C)c1=O. The Morgan fingerprint density at radius 3 is 2.61 bits per heavy atom. The lowest BCUT2D eigenvalue weighted by Gasteiger charge is -2.11. The van der Waals surface area contributed by atoms with Crippen LogP contribution in [0.1, 0.15) is 25.0 Å². The second kappa shape index (κ2) is 6.49. The van der Waals surface area contributed by atoms with Crippen LogP contribution in [0, 0.1) is 6.92 Å². The fourth-order valence-corrected chi connectivity index (χ4v) is 2.73. The van der Waals surface area contributed by atoms with Crippen molar-refractivity contribution in [2.75, 3.05) is 10.5 Å². The summed E-state index contributed by atoms with van der Waals surface area (Å²) in [5.41, 5.74) is 2.41. The highest BCUT2D eigenvalue weighted by Crippen LogP contribution is 2.21. The topological polar surface area (TPSA) is 93.9 Å². The van der Waals surface area contributed by atoms with Crippen molar-refractivity contribution in [1.29, 1.82) is 0 Å². The summed E-state index contributed by atoms with van der Waals surface area (Å²) in [6.45, 7) is 5.34. The number of anilines is 1. The second-order valence-electron chi connectivity index (χ2n) is 5.27. The Morgan fingerprint density at radius 1 is 1.30 bits per heavy atom. The van der Waals surface area contributed by atoms with Crippen LogP contribution in [0.2, 0.25) is 0 Å². The van der Waals surface area contributed by atoms with E-state index in [1.54, 1.807) is 25.5 Å². The Hall–Kier alpha value is -2.22. The first-order valence-electron chi connectivity index (χ1n) is 7.31. The van der Waals surface area contributed by atoms with Gasteiger partial charge in [-0.1, -0.05) is 6.92 Å². The molecule has 2 aromatic rings. The van der Waals surface area contributed by atoms with E-state index in [0.717, 1.165) is 11.1 Å². The van der Waals surface area contributed by atoms with Gasteiger partial charge in [0.1, 0.15) is 0 Å². The van der Waals surface area contributed by atoms with Crippen molar-refractivity contribution in [2.45, 2.75) is 27.2 Å². The molecular weight excluding hydrogens is 316 g/mol. The molecule has 124 valence electrons. The molecule has 0 radical (unpaired) electrons. The van der Waals surface area contributed by atoms with Gasteiger partial charge in [0.05, 0.1) is 17.0 Å². The van der Waals surface area contributed by atoms with E-state index in [1.807, 2.05) is 13.8 Å². The molecule has 0 aliphatic carbocycles. The highest BCUT2D eigenvalue weighted by molar-refractivity contribution is 7.92. The molecule has 23 heavy (non-hydrogen) atoms. The van der Waals surface area contributed by atoms with Crippen LogP contribution in [0.25, 0.3) is 11.3 Å². The van der Waals surface area contributed by atoms with E-state index in [1.165, 1.54) is 11.5 Å². The van der Waals surface area contributed by atoms with Crippen molar-refractivity contribution in [3.63, 3.8) is 0 Å². The molecule has 0 spiro atoms. The van der Waals surface area contributed by atoms with Gasteiger partial charge in [0.25, 0.3) is 5.56 Å². The van der Waals surface area contributed by atoms with Crippen LogP contribution in [-0.4, -0.2) is 28.7 Å². The van der Waals surface area contributed by atoms with E-state index in [-0.39, 0.29) is 17.3 Å². The predicted octanol–water partition coefficient (Wildman–Crippen LogP) is 1.47. The summed E-state index contributed by atoms with van der Waals surface area (Å²) < 4.78 is 27.2. The molecule has 0 fully saturated rings. The molecule has 0 saturated heterocycles. The normalized spacial score (nSPS) is 11.5. The number of nitrogens with one attached hydrogen (secondary N) is 1. The van der Waals surface area contributed by atoms with Gasteiger partial charge in [-0.25, -0.2) is 18.4 Å². The molecule has 8 heteroatoms. The number of aromatic nitrogens is 3. The van der Waals surface area contributed by atoms with Gasteiger partial charge in [-0.2, -0.15) is 0 Å². The summed E-state index contributed by atoms with van der Waals surface area (Å²) in [7, 11) is -1.80. The average Bonchev–Trinajstić information content (AvgIpc) is 2.50. The summed E-state index contributed by atoms with van der Waals surface area (Å²) in [6, 6.07) is 1.75. The van der Waals surface area contributed by atoms with Gasteiger partial charge < -0.3 is 4.57 Å². The zero-order chi connectivity index (χ0) is 17.2. The fourth-order valence-electron chi connectivity index (χ4n) is 2.21. The molecule has 2 heterocycles. The van der Waals surface area contributed by atoms with Crippen molar-refractivity contribution < 1.29 is 8.42 Å². The number of rotatable bonds is 5. The lowest BCUT2D eigenvalue weighted by Crippen LogP contribution is -2.21. The van der Waals surface area contributed by atoms with Crippen LogP contribution in [0.5, 0.6) is 0 Å². The largest absolute Gasteiger partial charge is 0.318 e. The van der Waals surface area contributed by atoms with E-state index < -0.39 is 10.0 Å². The molecule has 1 N–H and O–H groups in total. The molecule has 2 aromatic heterocycles. The van der Waals surface area contributed by atoms with E-state index >= 15 is 0 Å². The lowest BCUT2D eigenvalue weighted by molar-refractivity contribution is 0.602. The molecule has 7 nitrogen and oxygen atoms in total. The predicted molar refractivity (Wildman–Crippen MR) is 89.9 cm³/mol. The molecule has 0 atom stereocenters. The van der Waals surface area contributed by atoms with Crippen LogP contribution in [-0.2, 0) is 23.5 Å². The van der Waals surface area contributed by atoms with Gasteiger partial charge in [0.15, 0.2) is 0 Å². The van der Waals surface area contributed by atoms with E-state index in [9.17, 15) is 13.2 Å². The Bertz CT molecular complexity index is 888. The van der Waals surface area contributed by atoms with E-state index in [2.05, 4.69) is 14.7 Å². The Morgan fingerprint density at radius 2 is 2.00 bits per heavy atom. The van der Waals surface area contributed by atoms with Crippen LogP contribution in [0.4, 0.5) is 5.95 Å². The van der Waals surface area contributed by atoms with Gasteiger partial charge in [-0.05, 0) is 37.5 Å². The first kappa shape index (κ1) is 17.1. The number of aryl methyl sites for hydroxylation is 3. The molecule has 0 aromatic carbocycles. The number of nitrogens with zero attached hydrogens (tertiary/aromatic N) is 3. The summed E-state index contributed by atoms with van der Waals surface area (Å²) in [6.07, 6.45) is 3.92. The van der Waals surface area contributed by atoms with Gasteiger partial charge in [-0.3, -0.25) is 9.52 Å². The van der Waals surface area contributed by atoms with Crippen molar-refractivity contribution in [3.05, 3.63) is 39.9 Å². The van der Waals surface area contributed by atoms with E-state index in [0.29, 0.717) is 17.7 Å². The second-order valence-corrected chi connectivity index (χ2v) is 7.28. The van der Waals surface area contributed by atoms with Gasteiger partial charge in [0, 0.05) is 19.4 Å². The van der Waals surface area contributed by atoms with Crippen molar-refractivity contribution in [3.8, 4) is 11.3 Å². The zero-order valence-electron chi connectivity index (χ0n) is 13.6.